The lowest BCUT2D eigenvalue weighted by Gasteiger charge is -2.17. The van der Waals surface area contributed by atoms with E-state index in [1.165, 1.54) is 23.1 Å². The fourth-order valence-electron chi connectivity index (χ4n) is 1.65. The Morgan fingerprint density at radius 1 is 1.53 bits per heavy atom. The topological polar surface area (TPSA) is 40.5 Å². The van der Waals surface area contributed by atoms with Crippen molar-refractivity contribution in [2.75, 3.05) is 11.4 Å². The number of amides is 1. The molecule has 80 valence electrons. The van der Waals surface area contributed by atoms with Gasteiger partial charge in [-0.1, -0.05) is 17.7 Å². The molecule has 1 aliphatic heterocycles. The number of rotatable bonds is 1. The number of halogens is 2. The van der Waals surface area contributed by atoms with Crippen LogP contribution in [0.4, 0.5) is 10.1 Å². The minimum Gasteiger partial charge on any atom is -0.391 e. The lowest BCUT2D eigenvalue weighted by atomic mass is 10.3. The quantitative estimate of drug-likeness (QED) is 0.794. The van der Waals surface area contributed by atoms with Crippen molar-refractivity contribution < 1.29 is 14.3 Å². The lowest BCUT2D eigenvalue weighted by molar-refractivity contribution is -0.117. The average Bonchev–Trinajstić information content (AvgIpc) is 2.45. The molecular formula is C10H9ClFNO2. The highest BCUT2D eigenvalue weighted by molar-refractivity contribution is 6.33. The lowest BCUT2D eigenvalue weighted by Crippen LogP contribution is -2.26. The van der Waals surface area contributed by atoms with Crippen molar-refractivity contribution in [3.05, 3.63) is 29.0 Å². The molecule has 1 unspecified atom stereocenters. The molecule has 1 atom stereocenters. The van der Waals surface area contributed by atoms with Crippen molar-refractivity contribution in [2.45, 2.75) is 12.5 Å². The molecular weight excluding hydrogens is 221 g/mol. The molecule has 0 spiro atoms. The number of para-hydroxylation sites is 1. The SMILES string of the molecule is O=C1CC(O)CN1c1c(F)cccc1Cl. The second-order valence-corrected chi connectivity index (χ2v) is 3.84. The third kappa shape index (κ3) is 1.82. The molecule has 0 bridgehead atoms. The van der Waals surface area contributed by atoms with Crippen LogP contribution in [0, 0.1) is 5.82 Å². The second-order valence-electron chi connectivity index (χ2n) is 3.43. The molecule has 1 aromatic carbocycles. The van der Waals surface area contributed by atoms with Gasteiger partial charge in [-0.15, -0.1) is 0 Å². The highest BCUT2D eigenvalue weighted by atomic mass is 35.5. The maximum absolute atomic E-state index is 13.4. The number of aliphatic hydroxyl groups is 1. The molecule has 0 radical (unpaired) electrons. The van der Waals surface area contributed by atoms with E-state index in [2.05, 4.69) is 0 Å². The Kier molecular flexibility index (Phi) is 2.63. The third-order valence-corrected chi connectivity index (χ3v) is 2.62. The summed E-state index contributed by atoms with van der Waals surface area (Å²) in [7, 11) is 0. The number of hydrogen-bond acceptors (Lipinski definition) is 2. The standard InChI is InChI=1S/C10H9ClFNO2/c11-7-2-1-3-8(12)10(7)13-5-6(14)4-9(13)15/h1-3,6,14H,4-5H2. The highest BCUT2D eigenvalue weighted by Gasteiger charge is 2.31. The first-order valence-electron chi connectivity index (χ1n) is 4.52. The van der Waals surface area contributed by atoms with E-state index in [1.807, 2.05) is 0 Å². The van der Waals surface area contributed by atoms with E-state index < -0.39 is 11.9 Å². The molecule has 5 heteroatoms. The van der Waals surface area contributed by atoms with Crippen LogP contribution in [0.25, 0.3) is 0 Å². The van der Waals surface area contributed by atoms with Gasteiger partial charge in [0.1, 0.15) is 5.82 Å². The number of β-amino-alcohol motifs (C(OH)–C–C–N with tert-alkyl or cyclic N) is 1. The molecule has 1 fully saturated rings. The monoisotopic (exact) mass is 229 g/mol. The van der Waals surface area contributed by atoms with Gasteiger partial charge < -0.3 is 10.0 Å². The number of anilines is 1. The van der Waals surface area contributed by atoms with Crippen molar-refractivity contribution in [3.63, 3.8) is 0 Å². The van der Waals surface area contributed by atoms with Crippen molar-refractivity contribution in [1.82, 2.24) is 0 Å². The Labute approximate surface area is 91.1 Å². The normalized spacial score (nSPS) is 21.1. The summed E-state index contributed by atoms with van der Waals surface area (Å²) in [6.45, 7) is 0.0967. The van der Waals surface area contributed by atoms with Crippen LogP contribution >= 0.6 is 11.6 Å². The van der Waals surface area contributed by atoms with Gasteiger partial charge in [-0.25, -0.2) is 4.39 Å². The predicted molar refractivity (Wildman–Crippen MR) is 54.4 cm³/mol. The first-order chi connectivity index (χ1) is 7.09. The summed E-state index contributed by atoms with van der Waals surface area (Å²) < 4.78 is 13.4. The Bertz CT molecular complexity index is 390. The number of hydrogen-bond donors (Lipinski definition) is 1. The van der Waals surface area contributed by atoms with Crippen LogP contribution in [-0.4, -0.2) is 23.7 Å². The minimum absolute atomic E-state index is 0.0185. The summed E-state index contributed by atoms with van der Waals surface area (Å²) in [4.78, 5) is 12.6. The van der Waals surface area contributed by atoms with Gasteiger partial charge in [0, 0.05) is 0 Å². The van der Waals surface area contributed by atoms with Crippen molar-refractivity contribution in [1.29, 1.82) is 0 Å². The van der Waals surface area contributed by atoms with Crippen LogP contribution in [0.1, 0.15) is 6.42 Å². The van der Waals surface area contributed by atoms with Gasteiger partial charge in [-0.3, -0.25) is 4.79 Å². The summed E-state index contributed by atoms with van der Waals surface area (Å²) >= 11 is 5.81. The number of nitrogens with zero attached hydrogens (tertiary/aromatic N) is 1. The molecule has 3 nitrogen and oxygen atoms in total. The van der Waals surface area contributed by atoms with Gasteiger partial charge in [-0.2, -0.15) is 0 Å². The van der Waals surface area contributed by atoms with E-state index in [0.717, 1.165) is 0 Å². The summed E-state index contributed by atoms with van der Waals surface area (Å²) in [5, 5.41) is 9.46. The zero-order chi connectivity index (χ0) is 11.0. The molecule has 1 heterocycles. The molecule has 15 heavy (non-hydrogen) atoms. The van der Waals surface area contributed by atoms with Crippen LogP contribution in [-0.2, 0) is 4.79 Å². The maximum Gasteiger partial charge on any atom is 0.229 e. The molecule has 0 aromatic heterocycles. The van der Waals surface area contributed by atoms with Gasteiger partial charge in [0.25, 0.3) is 0 Å². The summed E-state index contributed by atoms with van der Waals surface area (Å²) in [6, 6.07) is 4.22. The Hall–Kier alpha value is -1.13. The zero-order valence-corrected chi connectivity index (χ0v) is 8.54. The molecule has 2 rings (SSSR count). The van der Waals surface area contributed by atoms with Crippen molar-refractivity contribution in [2.24, 2.45) is 0 Å². The van der Waals surface area contributed by atoms with E-state index in [1.54, 1.807) is 0 Å². The van der Waals surface area contributed by atoms with Gasteiger partial charge >= 0.3 is 0 Å². The number of carbonyl (C=O) groups is 1. The fraction of sp³-hybridized carbons (Fsp3) is 0.300. The highest BCUT2D eigenvalue weighted by Crippen LogP contribution is 2.31. The van der Waals surface area contributed by atoms with Crippen LogP contribution in [0.2, 0.25) is 5.02 Å². The van der Waals surface area contributed by atoms with Crippen molar-refractivity contribution in [3.8, 4) is 0 Å². The molecule has 1 amide bonds. The van der Waals surface area contributed by atoms with Crippen LogP contribution in [0.5, 0.6) is 0 Å². The largest absolute Gasteiger partial charge is 0.391 e. The van der Waals surface area contributed by atoms with Crippen LogP contribution in [0.3, 0.4) is 0 Å². The fourth-order valence-corrected chi connectivity index (χ4v) is 1.92. The zero-order valence-electron chi connectivity index (χ0n) is 7.78. The summed E-state index contributed by atoms with van der Waals surface area (Å²) in [5.41, 5.74) is 0.0562. The predicted octanol–water partition coefficient (Wildman–Crippen LogP) is 1.58. The van der Waals surface area contributed by atoms with E-state index in [0.29, 0.717) is 0 Å². The second kappa shape index (κ2) is 3.79. The number of benzene rings is 1. The number of aliphatic hydroxyl groups excluding tert-OH is 1. The Balaban J connectivity index is 2.41. The summed E-state index contributed by atoms with van der Waals surface area (Å²) in [6.07, 6.45) is -0.724. The smallest absolute Gasteiger partial charge is 0.229 e. The molecule has 0 saturated carbocycles. The summed E-state index contributed by atoms with van der Waals surface area (Å²) in [5.74, 6) is -0.862. The first kappa shape index (κ1) is 10.4. The van der Waals surface area contributed by atoms with Gasteiger partial charge in [-0.05, 0) is 12.1 Å². The molecule has 1 saturated heterocycles. The molecule has 1 aromatic rings. The van der Waals surface area contributed by atoms with E-state index >= 15 is 0 Å². The van der Waals surface area contributed by atoms with Gasteiger partial charge in [0.2, 0.25) is 5.91 Å². The van der Waals surface area contributed by atoms with Crippen LogP contribution < -0.4 is 4.90 Å². The van der Waals surface area contributed by atoms with E-state index in [-0.39, 0.29) is 29.6 Å². The number of carbonyl (C=O) groups excluding carboxylic acids is 1. The van der Waals surface area contributed by atoms with Crippen molar-refractivity contribution >= 4 is 23.2 Å². The van der Waals surface area contributed by atoms with Crippen LogP contribution in [0.15, 0.2) is 18.2 Å². The average molecular weight is 230 g/mol. The van der Waals surface area contributed by atoms with E-state index in [4.69, 9.17) is 11.6 Å². The Morgan fingerprint density at radius 2 is 2.27 bits per heavy atom. The minimum atomic E-state index is -0.742. The Morgan fingerprint density at radius 3 is 2.80 bits per heavy atom. The third-order valence-electron chi connectivity index (χ3n) is 2.31. The van der Waals surface area contributed by atoms with E-state index in [9.17, 15) is 14.3 Å². The first-order valence-corrected chi connectivity index (χ1v) is 4.90. The molecule has 1 N–H and O–H groups in total. The molecule has 0 aliphatic carbocycles. The molecule has 1 aliphatic rings. The maximum atomic E-state index is 13.4. The van der Waals surface area contributed by atoms with Gasteiger partial charge in [0.15, 0.2) is 0 Å². The van der Waals surface area contributed by atoms with Gasteiger partial charge in [0.05, 0.1) is 29.8 Å².